The van der Waals surface area contributed by atoms with E-state index in [0.29, 0.717) is 18.0 Å². The maximum Gasteiger partial charge on any atom is 0.254 e. The molecule has 100 valence electrons. The van der Waals surface area contributed by atoms with Gasteiger partial charge in [-0.3, -0.25) is 4.79 Å². The quantitative estimate of drug-likeness (QED) is 0.855. The van der Waals surface area contributed by atoms with E-state index in [9.17, 15) is 4.79 Å². The zero-order valence-electron chi connectivity index (χ0n) is 11.3. The first kappa shape index (κ1) is 14.8. The standard InChI is InChI=1S/C13H20ClN3O/c1-8(2)7-17(9(3)4)13(18)10-5-11(14)16-12(15)6-10/h5-6,8-9H,7H2,1-4H3,(H2,15,16). The number of carbonyl (C=O) groups is 1. The van der Waals surface area contributed by atoms with Gasteiger partial charge in [0.15, 0.2) is 0 Å². The van der Waals surface area contributed by atoms with Crippen LogP contribution in [0.5, 0.6) is 0 Å². The van der Waals surface area contributed by atoms with E-state index in [1.807, 2.05) is 18.7 Å². The van der Waals surface area contributed by atoms with Crippen LogP contribution in [0.4, 0.5) is 5.82 Å². The van der Waals surface area contributed by atoms with Crippen LogP contribution < -0.4 is 5.73 Å². The number of carbonyl (C=O) groups excluding carboxylic acids is 1. The molecule has 0 aliphatic rings. The molecule has 0 atom stereocenters. The van der Waals surface area contributed by atoms with Crippen molar-refractivity contribution in [1.82, 2.24) is 9.88 Å². The highest BCUT2D eigenvalue weighted by atomic mass is 35.5. The Morgan fingerprint density at radius 2 is 2.00 bits per heavy atom. The van der Waals surface area contributed by atoms with Crippen molar-refractivity contribution >= 4 is 23.3 Å². The fourth-order valence-electron chi connectivity index (χ4n) is 1.73. The Hall–Kier alpha value is -1.29. The number of hydrogen-bond acceptors (Lipinski definition) is 3. The molecule has 5 heteroatoms. The second-order valence-electron chi connectivity index (χ2n) is 5.05. The molecule has 1 aromatic heterocycles. The minimum absolute atomic E-state index is 0.0605. The maximum atomic E-state index is 12.4. The average Bonchev–Trinajstić information content (AvgIpc) is 2.23. The topological polar surface area (TPSA) is 59.2 Å². The molecule has 0 saturated carbocycles. The van der Waals surface area contributed by atoms with Crippen LogP contribution in [-0.4, -0.2) is 28.4 Å². The lowest BCUT2D eigenvalue weighted by molar-refractivity contribution is 0.0682. The Morgan fingerprint density at radius 1 is 1.39 bits per heavy atom. The number of halogens is 1. The molecular formula is C13H20ClN3O. The van der Waals surface area contributed by atoms with E-state index in [1.54, 1.807) is 12.1 Å². The van der Waals surface area contributed by atoms with Crippen molar-refractivity contribution in [3.63, 3.8) is 0 Å². The second-order valence-corrected chi connectivity index (χ2v) is 5.44. The summed E-state index contributed by atoms with van der Waals surface area (Å²) in [6, 6.07) is 3.24. The van der Waals surface area contributed by atoms with Crippen molar-refractivity contribution in [3.05, 3.63) is 22.8 Å². The Morgan fingerprint density at radius 3 is 2.44 bits per heavy atom. The minimum Gasteiger partial charge on any atom is -0.384 e. The molecule has 0 aromatic carbocycles. The molecule has 2 N–H and O–H groups in total. The number of pyridine rings is 1. The predicted molar refractivity (Wildman–Crippen MR) is 74.7 cm³/mol. The predicted octanol–water partition coefficient (Wildman–Crippen LogP) is 2.82. The third-order valence-corrected chi connectivity index (χ3v) is 2.70. The van der Waals surface area contributed by atoms with Crippen LogP contribution in [0, 0.1) is 5.92 Å². The van der Waals surface area contributed by atoms with Gasteiger partial charge in [-0.25, -0.2) is 4.98 Å². The number of anilines is 1. The number of nitrogens with two attached hydrogens (primary N) is 1. The summed E-state index contributed by atoms with van der Waals surface area (Å²) in [7, 11) is 0. The van der Waals surface area contributed by atoms with Gasteiger partial charge in [-0.1, -0.05) is 25.4 Å². The zero-order chi connectivity index (χ0) is 13.9. The summed E-state index contributed by atoms with van der Waals surface area (Å²) in [6.07, 6.45) is 0. The average molecular weight is 270 g/mol. The number of amides is 1. The zero-order valence-corrected chi connectivity index (χ0v) is 12.0. The highest BCUT2D eigenvalue weighted by Gasteiger charge is 2.20. The van der Waals surface area contributed by atoms with Crippen LogP contribution in [0.15, 0.2) is 12.1 Å². The summed E-state index contributed by atoms with van der Waals surface area (Å²) in [4.78, 5) is 18.1. The van der Waals surface area contributed by atoms with Gasteiger partial charge in [-0.15, -0.1) is 0 Å². The van der Waals surface area contributed by atoms with Gasteiger partial charge in [0, 0.05) is 18.2 Å². The van der Waals surface area contributed by atoms with Crippen LogP contribution >= 0.6 is 11.6 Å². The first-order valence-corrected chi connectivity index (χ1v) is 6.43. The molecule has 0 aliphatic heterocycles. The van der Waals surface area contributed by atoms with E-state index in [1.165, 1.54) is 0 Å². The van der Waals surface area contributed by atoms with E-state index in [0.717, 1.165) is 0 Å². The van der Waals surface area contributed by atoms with Gasteiger partial charge in [0.2, 0.25) is 0 Å². The Bertz CT molecular complexity index is 412. The largest absolute Gasteiger partial charge is 0.384 e. The van der Waals surface area contributed by atoms with Crippen molar-refractivity contribution in [2.75, 3.05) is 12.3 Å². The van der Waals surface area contributed by atoms with E-state index in [-0.39, 0.29) is 22.9 Å². The van der Waals surface area contributed by atoms with Crippen LogP contribution in [0.2, 0.25) is 5.15 Å². The van der Waals surface area contributed by atoms with Crippen molar-refractivity contribution in [1.29, 1.82) is 0 Å². The fourth-order valence-corrected chi connectivity index (χ4v) is 1.94. The second kappa shape index (κ2) is 6.05. The Labute approximate surface area is 113 Å². The number of hydrogen-bond donors (Lipinski definition) is 1. The summed E-state index contributed by atoms with van der Waals surface area (Å²) in [5.74, 6) is 0.611. The molecule has 1 aromatic rings. The number of aromatic nitrogens is 1. The summed E-state index contributed by atoms with van der Waals surface area (Å²) >= 11 is 5.82. The van der Waals surface area contributed by atoms with E-state index in [4.69, 9.17) is 17.3 Å². The molecule has 1 heterocycles. The molecule has 0 spiro atoms. The Balaban J connectivity index is 3.01. The van der Waals surface area contributed by atoms with Crippen molar-refractivity contribution < 1.29 is 4.79 Å². The normalized spacial score (nSPS) is 11.1. The number of nitrogens with zero attached hydrogens (tertiary/aromatic N) is 2. The molecule has 18 heavy (non-hydrogen) atoms. The van der Waals surface area contributed by atoms with Crippen LogP contribution in [0.25, 0.3) is 0 Å². The lowest BCUT2D eigenvalue weighted by atomic mass is 10.1. The highest BCUT2D eigenvalue weighted by molar-refractivity contribution is 6.29. The van der Waals surface area contributed by atoms with E-state index in [2.05, 4.69) is 18.8 Å². The molecular weight excluding hydrogens is 250 g/mol. The molecule has 0 bridgehead atoms. The molecule has 0 fully saturated rings. The van der Waals surface area contributed by atoms with Gasteiger partial charge < -0.3 is 10.6 Å². The van der Waals surface area contributed by atoms with Gasteiger partial charge in [-0.05, 0) is 31.9 Å². The van der Waals surface area contributed by atoms with Crippen molar-refractivity contribution in [2.24, 2.45) is 5.92 Å². The van der Waals surface area contributed by atoms with Gasteiger partial charge in [0.25, 0.3) is 5.91 Å². The molecule has 0 saturated heterocycles. The Kier molecular flexibility index (Phi) is 4.96. The van der Waals surface area contributed by atoms with Gasteiger partial charge in [-0.2, -0.15) is 0 Å². The van der Waals surface area contributed by atoms with E-state index < -0.39 is 0 Å². The van der Waals surface area contributed by atoms with Gasteiger partial charge in [0.1, 0.15) is 11.0 Å². The third-order valence-electron chi connectivity index (χ3n) is 2.51. The van der Waals surface area contributed by atoms with Crippen LogP contribution in [0.1, 0.15) is 38.1 Å². The third kappa shape index (κ3) is 3.88. The highest BCUT2D eigenvalue weighted by Crippen LogP contribution is 2.16. The molecule has 4 nitrogen and oxygen atoms in total. The lowest BCUT2D eigenvalue weighted by Crippen LogP contribution is -2.39. The molecule has 1 amide bonds. The lowest BCUT2D eigenvalue weighted by Gasteiger charge is -2.28. The van der Waals surface area contributed by atoms with Crippen molar-refractivity contribution in [2.45, 2.75) is 33.7 Å². The van der Waals surface area contributed by atoms with Gasteiger partial charge >= 0.3 is 0 Å². The summed E-state index contributed by atoms with van der Waals surface area (Å²) in [6.45, 7) is 8.85. The van der Waals surface area contributed by atoms with E-state index >= 15 is 0 Å². The monoisotopic (exact) mass is 269 g/mol. The maximum absolute atomic E-state index is 12.4. The minimum atomic E-state index is -0.0605. The SMILES string of the molecule is CC(C)CN(C(=O)c1cc(N)nc(Cl)c1)C(C)C. The number of rotatable bonds is 4. The van der Waals surface area contributed by atoms with Crippen molar-refractivity contribution in [3.8, 4) is 0 Å². The molecule has 1 rings (SSSR count). The molecule has 0 unspecified atom stereocenters. The summed E-state index contributed by atoms with van der Waals surface area (Å²) in [5.41, 5.74) is 6.10. The number of nitrogen functional groups attached to an aromatic ring is 1. The van der Waals surface area contributed by atoms with Gasteiger partial charge in [0.05, 0.1) is 0 Å². The van der Waals surface area contributed by atoms with Crippen LogP contribution in [-0.2, 0) is 0 Å². The smallest absolute Gasteiger partial charge is 0.254 e. The summed E-state index contributed by atoms with van der Waals surface area (Å²) in [5, 5.41) is 0.242. The molecule has 0 aliphatic carbocycles. The summed E-state index contributed by atoms with van der Waals surface area (Å²) < 4.78 is 0. The first-order valence-electron chi connectivity index (χ1n) is 6.05. The first-order chi connectivity index (χ1) is 8.31. The molecule has 0 radical (unpaired) electrons. The fraction of sp³-hybridized carbons (Fsp3) is 0.538. The van der Waals surface area contributed by atoms with Crippen LogP contribution in [0.3, 0.4) is 0 Å².